The summed E-state index contributed by atoms with van der Waals surface area (Å²) in [6.45, 7) is -0.881. The first kappa shape index (κ1) is 17.6. The van der Waals surface area contributed by atoms with Crippen LogP contribution in [0.4, 0.5) is 0 Å². The normalized spacial score (nSPS) is 34.2. The maximum absolute atomic E-state index is 12.8. The first-order valence-electron chi connectivity index (χ1n) is 9.43. The number of Topliss-reactive ketones (excluding diaryl/α,β-unsaturated/α-hetero) is 1. The fourth-order valence-electron chi connectivity index (χ4n) is 5.21. The number of esters is 1. The molecule has 5 aliphatic rings. The standard InChI is InChI=1S/C21H18ClNO5/c22-11-3-1-10(2-4-11)16(24)9-28-17(25)8-23-20(26)18-12-5-6-13(15-7-14(12)15)19(18)21(23)27/h1-6,12-15,18-19H,7-9H2/t12-,13-,14-,15+,18+,19+/m0/s1. The van der Waals surface area contributed by atoms with Crippen LogP contribution < -0.4 is 0 Å². The number of halogens is 1. The molecular weight excluding hydrogens is 382 g/mol. The van der Waals surface area contributed by atoms with E-state index in [-0.39, 0.29) is 41.3 Å². The smallest absolute Gasteiger partial charge is 0.326 e. The SMILES string of the molecule is O=C(CN1C(=O)[C@@H]2[C@H]3C=C[C@@H]([C@@H]4C[C@H]34)[C@H]2C1=O)OCC(=O)c1ccc(Cl)cc1. The Morgan fingerprint density at radius 1 is 1.00 bits per heavy atom. The molecule has 2 bridgehead atoms. The van der Waals surface area contributed by atoms with E-state index in [0.717, 1.165) is 11.3 Å². The molecule has 6 atom stereocenters. The number of likely N-dealkylation sites (tertiary alicyclic amines) is 1. The van der Waals surface area contributed by atoms with Crippen LogP contribution in [0.25, 0.3) is 0 Å². The molecule has 0 aromatic heterocycles. The summed E-state index contributed by atoms with van der Waals surface area (Å²) in [7, 11) is 0. The van der Waals surface area contributed by atoms with Gasteiger partial charge in [-0.1, -0.05) is 23.8 Å². The van der Waals surface area contributed by atoms with Gasteiger partial charge in [0.05, 0.1) is 11.8 Å². The van der Waals surface area contributed by atoms with Crippen molar-refractivity contribution < 1.29 is 23.9 Å². The van der Waals surface area contributed by atoms with Crippen LogP contribution in [0.15, 0.2) is 36.4 Å². The summed E-state index contributed by atoms with van der Waals surface area (Å²) in [5, 5.41) is 0.502. The number of benzene rings is 1. The van der Waals surface area contributed by atoms with Crippen LogP contribution in [0.3, 0.4) is 0 Å². The van der Waals surface area contributed by atoms with Gasteiger partial charge in [0.2, 0.25) is 11.8 Å². The zero-order valence-corrected chi connectivity index (χ0v) is 15.7. The predicted molar refractivity (Wildman–Crippen MR) is 98.2 cm³/mol. The van der Waals surface area contributed by atoms with Crippen molar-refractivity contribution in [3.63, 3.8) is 0 Å². The number of carbonyl (C=O) groups is 4. The number of ether oxygens (including phenoxy) is 1. The summed E-state index contributed by atoms with van der Waals surface area (Å²) in [6.07, 6.45) is 5.25. The lowest BCUT2D eigenvalue weighted by atomic mass is 9.63. The van der Waals surface area contributed by atoms with Gasteiger partial charge in [-0.3, -0.25) is 24.1 Å². The summed E-state index contributed by atoms with van der Waals surface area (Å²) in [6, 6.07) is 6.25. The van der Waals surface area contributed by atoms with Crippen molar-refractivity contribution >= 4 is 35.2 Å². The Kier molecular flexibility index (Phi) is 3.95. The zero-order valence-electron chi connectivity index (χ0n) is 14.9. The highest BCUT2D eigenvalue weighted by atomic mass is 35.5. The van der Waals surface area contributed by atoms with Gasteiger partial charge < -0.3 is 4.74 Å². The molecule has 1 aromatic rings. The average molecular weight is 400 g/mol. The Hall–Kier alpha value is -2.47. The third kappa shape index (κ3) is 2.62. The van der Waals surface area contributed by atoms with Gasteiger partial charge in [0.15, 0.2) is 12.4 Å². The van der Waals surface area contributed by atoms with E-state index in [2.05, 4.69) is 12.2 Å². The van der Waals surface area contributed by atoms with Crippen LogP contribution in [0, 0.1) is 35.5 Å². The molecular formula is C21H18ClNO5. The largest absolute Gasteiger partial charge is 0.456 e. The van der Waals surface area contributed by atoms with Gasteiger partial charge in [-0.2, -0.15) is 0 Å². The Labute approximate surface area is 166 Å². The second-order valence-electron chi connectivity index (χ2n) is 8.01. The first-order valence-corrected chi connectivity index (χ1v) is 9.81. The third-order valence-corrected chi connectivity index (χ3v) is 6.82. The Balaban J connectivity index is 1.21. The Morgan fingerprint density at radius 3 is 2.14 bits per heavy atom. The minimum atomic E-state index is -0.756. The van der Waals surface area contributed by atoms with Gasteiger partial charge in [-0.15, -0.1) is 0 Å². The van der Waals surface area contributed by atoms with Gasteiger partial charge >= 0.3 is 5.97 Å². The molecule has 4 aliphatic carbocycles. The number of rotatable bonds is 5. The third-order valence-electron chi connectivity index (χ3n) is 6.57. The van der Waals surface area contributed by atoms with E-state index in [1.165, 1.54) is 0 Å². The number of nitrogens with zero attached hydrogens (tertiary/aromatic N) is 1. The highest BCUT2D eigenvalue weighted by Gasteiger charge is 2.67. The zero-order chi connectivity index (χ0) is 19.6. The van der Waals surface area contributed by atoms with Crippen LogP contribution in [0.2, 0.25) is 5.02 Å². The van der Waals surface area contributed by atoms with E-state index < -0.39 is 19.1 Å². The predicted octanol–water partition coefficient (Wildman–Crippen LogP) is 2.12. The second kappa shape index (κ2) is 6.27. The molecule has 1 saturated heterocycles. The molecule has 0 spiro atoms. The first-order chi connectivity index (χ1) is 13.5. The van der Waals surface area contributed by atoms with Crippen LogP contribution in [-0.4, -0.2) is 41.6 Å². The summed E-state index contributed by atoms with van der Waals surface area (Å²) in [5.74, 6) is -1.11. The molecule has 0 N–H and O–H groups in total. The summed E-state index contributed by atoms with van der Waals surface area (Å²) in [4.78, 5) is 50.9. The highest BCUT2D eigenvalue weighted by Crippen LogP contribution is 2.65. The number of imide groups is 1. The quantitative estimate of drug-likeness (QED) is 0.328. The molecule has 2 amide bonds. The van der Waals surface area contributed by atoms with Crippen molar-refractivity contribution in [1.82, 2.24) is 4.90 Å². The minimum absolute atomic E-state index is 0.115. The average Bonchev–Trinajstić information content (AvgIpc) is 3.48. The molecule has 0 unspecified atom stereocenters. The van der Waals surface area contributed by atoms with E-state index in [4.69, 9.17) is 16.3 Å². The van der Waals surface area contributed by atoms with Gasteiger partial charge in [0.1, 0.15) is 6.54 Å². The molecule has 6 rings (SSSR count). The topological polar surface area (TPSA) is 80.8 Å². The van der Waals surface area contributed by atoms with Gasteiger partial charge in [0, 0.05) is 10.6 Å². The molecule has 6 nitrogen and oxygen atoms in total. The monoisotopic (exact) mass is 399 g/mol. The molecule has 1 aromatic carbocycles. The van der Waals surface area contributed by atoms with Gasteiger partial charge in [-0.05, 0) is 54.4 Å². The fourth-order valence-corrected chi connectivity index (χ4v) is 5.34. The van der Waals surface area contributed by atoms with Crippen LogP contribution in [-0.2, 0) is 19.1 Å². The molecule has 7 heteroatoms. The van der Waals surface area contributed by atoms with Crippen molar-refractivity contribution in [1.29, 1.82) is 0 Å². The lowest BCUT2D eigenvalue weighted by molar-refractivity contribution is -0.152. The highest BCUT2D eigenvalue weighted by molar-refractivity contribution is 6.30. The number of amides is 2. The Bertz CT molecular complexity index is 887. The molecule has 1 aliphatic heterocycles. The van der Waals surface area contributed by atoms with E-state index in [0.29, 0.717) is 22.4 Å². The summed E-state index contributed by atoms with van der Waals surface area (Å²) >= 11 is 5.78. The lowest BCUT2D eigenvalue weighted by Crippen LogP contribution is -2.40. The molecule has 3 fully saturated rings. The van der Waals surface area contributed by atoms with Crippen molar-refractivity contribution in [3.8, 4) is 0 Å². The molecule has 1 heterocycles. The summed E-state index contributed by atoms with van der Waals surface area (Å²) in [5.41, 5.74) is 0.374. The molecule has 144 valence electrons. The molecule has 2 saturated carbocycles. The van der Waals surface area contributed by atoms with Crippen LogP contribution in [0.1, 0.15) is 16.8 Å². The van der Waals surface area contributed by atoms with Crippen LogP contribution in [0.5, 0.6) is 0 Å². The van der Waals surface area contributed by atoms with E-state index in [1.807, 2.05) is 0 Å². The van der Waals surface area contributed by atoms with Crippen LogP contribution >= 0.6 is 11.6 Å². The van der Waals surface area contributed by atoms with Crippen molar-refractivity contribution in [2.45, 2.75) is 6.42 Å². The van der Waals surface area contributed by atoms with E-state index in [1.54, 1.807) is 24.3 Å². The molecule has 0 radical (unpaired) electrons. The van der Waals surface area contributed by atoms with Crippen molar-refractivity contribution in [3.05, 3.63) is 47.0 Å². The Morgan fingerprint density at radius 2 is 1.57 bits per heavy atom. The maximum Gasteiger partial charge on any atom is 0.326 e. The number of ketones is 1. The number of hydrogen-bond donors (Lipinski definition) is 0. The lowest BCUT2D eigenvalue weighted by Gasteiger charge is -2.37. The van der Waals surface area contributed by atoms with Crippen molar-refractivity contribution in [2.75, 3.05) is 13.2 Å². The number of carbonyl (C=O) groups excluding carboxylic acids is 4. The van der Waals surface area contributed by atoms with Gasteiger partial charge in [-0.25, -0.2) is 0 Å². The number of allylic oxidation sites excluding steroid dienone is 2. The second-order valence-corrected chi connectivity index (χ2v) is 8.44. The minimum Gasteiger partial charge on any atom is -0.456 e. The van der Waals surface area contributed by atoms with Crippen molar-refractivity contribution in [2.24, 2.45) is 35.5 Å². The van der Waals surface area contributed by atoms with Gasteiger partial charge in [0.25, 0.3) is 0 Å². The number of hydrogen-bond acceptors (Lipinski definition) is 5. The maximum atomic E-state index is 12.8. The summed E-state index contributed by atoms with van der Waals surface area (Å²) < 4.78 is 5.02. The van der Waals surface area contributed by atoms with E-state index in [9.17, 15) is 19.2 Å². The fraction of sp³-hybridized carbons (Fsp3) is 0.429. The van der Waals surface area contributed by atoms with E-state index >= 15 is 0 Å². The molecule has 28 heavy (non-hydrogen) atoms.